The summed E-state index contributed by atoms with van der Waals surface area (Å²) in [6.45, 7) is 10.5. The molecule has 2 aliphatic heterocycles. The molecule has 2 heterocycles. The summed E-state index contributed by atoms with van der Waals surface area (Å²) in [7, 11) is -3.67. The van der Waals surface area contributed by atoms with Crippen molar-refractivity contribution in [1.82, 2.24) is 15.1 Å². The van der Waals surface area contributed by atoms with Crippen LogP contribution in [0.25, 0.3) is 0 Å². The lowest BCUT2D eigenvalue weighted by Crippen LogP contribution is -2.60. The zero-order valence-electron chi connectivity index (χ0n) is 14.1. The van der Waals surface area contributed by atoms with Crippen molar-refractivity contribution in [2.24, 2.45) is 0 Å². The van der Waals surface area contributed by atoms with E-state index in [1.165, 1.54) is 0 Å². The predicted molar refractivity (Wildman–Crippen MR) is 88.2 cm³/mol. The normalized spacial score (nSPS) is 30.3. The maximum absolute atomic E-state index is 10.8. The molecule has 0 radical (unpaired) electrons. The Kier molecular flexibility index (Phi) is 8.59. The minimum absolute atomic E-state index is 0.437. The van der Waals surface area contributed by atoms with Gasteiger partial charge in [-0.05, 0) is 13.8 Å². The van der Waals surface area contributed by atoms with Crippen molar-refractivity contribution >= 4 is 16.4 Å². The van der Waals surface area contributed by atoms with Crippen LogP contribution in [0.15, 0.2) is 0 Å². The Bertz CT molecular complexity index is 451. The van der Waals surface area contributed by atoms with Crippen molar-refractivity contribution in [3.05, 3.63) is 0 Å². The quantitative estimate of drug-likeness (QED) is 0.495. The molecule has 0 aliphatic carbocycles. The second kappa shape index (κ2) is 9.65. The van der Waals surface area contributed by atoms with E-state index in [0.29, 0.717) is 30.9 Å². The summed E-state index contributed by atoms with van der Waals surface area (Å²) >= 11 is 0. The second-order valence-electron chi connectivity index (χ2n) is 6.24. The molecule has 0 saturated carbocycles. The van der Waals surface area contributed by atoms with Crippen molar-refractivity contribution < 1.29 is 22.5 Å². The van der Waals surface area contributed by atoms with Gasteiger partial charge in [-0.1, -0.05) is 0 Å². The predicted octanol–water partition coefficient (Wildman–Crippen LogP) is -0.928. The van der Waals surface area contributed by atoms with Gasteiger partial charge in [-0.25, -0.2) is 0 Å². The number of piperazine rings is 1. The molecule has 0 aromatic carbocycles. The summed E-state index contributed by atoms with van der Waals surface area (Å²) in [4.78, 5) is 15.6. The number of nitrogens with one attached hydrogen (secondary N) is 1. The van der Waals surface area contributed by atoms with Crippen molar-refractivity contribution in [3.63, 3.8) is 0 Å². The first-order chi connectivity index (χ1) is 10.7. The van der Waals surface area contributed by atoms with Crippen LogP contribution in [0.1, 0.15) is 13.8 Å². The highest BCUT2D eigenvalue weighted by Gasteiger charge is 2.29. The number of aldehydes is 1. The fourth-order valence-electron chi connectivity index (χ4n) is 2.83. The molecule has 2 rings (SSSR count). The number of hydrogen-bond acceptors (Lipinski definition) is 7. The van der Waals surface area contributed by atoms with E-state index in [-0.39, 0.29) is 0 Å². The minimum atomic E-state index is -3.67. The number of carbonyl (C=O) groups is 1. The molecular formula is C14H29N3O5S. The highest BCUT2D eigenvalue weighted by atomic mass is 32.2. The van der Waals surface area contributed by atoms with E-state index in [0.717, 1.165) is 45.7 Å². The zero-order chi connectivity index (χ0) is 17.5. The Morgan fingerprint density at radius 2 is 2.00 bits per heavy atom. The number of morpholine rings is 1. The average Bonchev–Trinajstić information content (AvgIpc) is 2.42. The largest absolute Gasteiger partial charge is 0.379 e. The van der Waals surface area contributed by atoms with Crippen LogP contribution in [0.4, 0.5) is 0 Å². The molecule has 2 aliphatic rings. The van der Waals surface area contributed by atoms with Gasteiger partial charge < -0.3 is 14.8 Å². The highest BCUT2D eigenvalue weighted by molar-refractivity contribution is 7.85. The maximum Gasteiger partial charge on any atom is 0.261 e. The van der Waals surface area contributed by atoms with Crippen molar-refractivity contribution in [1.29, 1.82) is 0 Å². The molecule has 0 spiro atoms. The average molecular weight is 351 g/mol. The molecule has 0 aromatic heterocycles. The standard InChI is InChI=1S/C13H25N3O2.CH4O3S/c1-11-8-16(3-5-17)13(7-14-11)9-15-4-6-18-10-12(15)2;1-5(2,3)4/h5,11-14H,3-4,6-10H2,1-2H3;1H3,(H,2,3,4)/t11-,12-,13-;/m1./s1. The van der Waals surface area contributed by atoms with Gasteiger partial charge in [-0.3, -0.25) is 14.4 Å². The Balaban J connectivity index is 0.000000463. The SMILES string of the molecule is CS(=O)(=O)O.C[C@@H]1CN(CC=O)[C@@H](CN2CCOC[C@H]2C)CN1. The van der Waals surface area contributed by atoms with Crippen LogP contribution < -0.4 is 5.32 Å². The monoisotopic (exact) mass is 351 g/mol. The van der Waals surface area contributed by atoms with E-state index in [1.807, 2.05) is 0 Å². The lowest BCUT2D eigenvalue weighted by atomic mass is 10.1. The number of carbonyl (C=O) groups excluding carboxylic acids is 1. The van der Waals surface area contributed by atoms with E-state index < -0.39 is 10.1 Å². The molecule has 0 unspecified atom stereocenters. The van der Waals surface area contributed by atoms with Gasteiger partial charge in [0, 0.05) is 44.3 Å². The van der Waals surface area contributed by atoms with Gasteiger partial charge >= 0.3 is 0 Å². The molecule has 23 heavy (non-hydrogen) atoms. The third kappa shape index (κ3) is 8.73. The van der Waals surface area contributed by atoms with Crippen molar-refractivity contribution in [3.8, 4) is 0 Å². The van der Waals surface area contributed by atoms with E-state index >= 15 is 0 Å². The maximum atomic E-state index is 10.8. The summed E-state index contributed by atoms with van der Waals surface area (Å²) in [5, 5.41) is 3.51. The van der Waals surface area contributed by atoms with Crippen molar-refractivity contribution in [2.75, 3.05) is 52.2 Å². The number of hydrogen-bond donors (Lipinski definition) is 2. The Labute approximate surface area is 138 Å². The summed E-state index contributed by atoms with van der Waals surface area (Å²) in [5.41, 5.74) is 0. The Morgan fingerprint density at radius 1 is 1.35 bits per heavy atom. The van der Waals surface area contributed by atoms with Gasteiger partial charge in [0.1, 0.15) is 6.29 Å². The van der Waals surface area contributed by atoms with Crippen LogP contribution >= 0.6 is 0 Å². The fourth-order valence-corrected chi connectivity index (χ4v) is 2.83. The van der Waals surface area contributed by atoms with Gasteiger partial charge in [-0.2, -0.15) is 8.42 Å². The second-order valence-corrected chi connectivity index (χ2v) is 7.70. The van der Waals surface area contributed by atoms with Crippen LogP contribution in [0.3, 0.4) is 0 Å². The van der Waals surface area contributed by atoms with Gasteiger partial charge in [-0.15, -0.1) is 0 Å². The molecule has 3 atom stereocenters. The molecule has 2 N–H and O–H groups in total. The van der Waals surface area contributed by atoms with E-state index in [1.54, 1.807) is 0 Å². The van der Waals surface area contributed by atoms with Gasteiger partial charge in [0.2, 0.25) is 0 Å². The van der Waals surface area contributed by atoms with E-state index in [4.69, 9.17) is 9.29 Å². The number of rotatable bonds is 4. The van der Waals surface area contributed by atoms with Crippen LogP contribution in [0.5, 0.6) is 0 Å². The first-order valence-corrected chi connectivity index (χ1v) is 9.70. The smallest absolute Gasteiger partial charge is 0.261 e. The third-order valence-corrected chi connectivity index (χ3v) is 3.99. The van der Waals surface area contributed by atoms with E-state index in [2.05, 4.69) is 29.0 Å². The first kappa shape index (κ1) is 20.5. The highest BCUT2D eigenvalue weighted by Crippen LogP contribution is 2.12. The van der Waals surface area contributed by atoms with Crippen LogP contribution in [-0.2, 0) is 19.6 Å². The third-order valence-electron chi connectivity index (χ3n) is 3.99. The minimum Gasteiger partial charge on any atom is -0.379 e. The molecule has 2 saturated heterocycles. The molecular weight excluding hydrogens is 322 g/mol. The first-order valence-electron chi connectivity index (χ1n) is 7.86. The van der Waals surface area contributed by atoms with Gasteiger partial charge in [0.15, 0.2) is 0 Å². The Morgan fingerprint density at radius 3 is 2.57 bits per heavy atom. The number of ether oxygens (including phenoxy) is 1. The Hall–Kier alpha value is -0.580. The molecule has 8 nitrogen and oxygen atoms in total. The fraction of sp³-hybridized carbons (Fsp3) is 0.929. The summed E-state index contributed by atoms with van der Waals surface area (Å²) in [6.07, 6.45) is 1.74. The van der Waals surface area contributed by atoms with Crippen LogP contribution in [0.2, 0.25) is 0 Å². The molecule has 2 fully saturated rings. The molecule has 0 amide bonds. The lowest BCUT2D eigenvalue weighted by Gasteiger charge is -2.43. The van der Waals surface area contributed by atoms with Crippen LogP contribution in [0, 0.1) is 0 Å². The summed E-state index contributed by atoms with van der Waals surface area (Å²) < 4.78 is 31.3. The van der Waals surface area contributed by atoms with E-state index in [9.17, 15) is 13.2 Å². The van der Waals surface area contributed by atoms with Crippen LogP contribution in [-0.4, -0.2) is 99.4 Å². The van der Waals surface area contributed by atoms with Crippen molar-refractivity contribution in [2.45, 2.75) is 32.0 Å². The van der Waals surface area contributed by atoms with Gasteiger partial charge in [0.05, 0.1) is 26.0 Å². The molecule has 136 valence electrons. The zero-order valence-corrected chi connectivity index (χ0v) is 15.0. The van der Waals surface area contributed by atoms with Gasteiger partial charge in [0.25, 0.3) is 10.1 Å². The number of nitrogens with zero attached hydrogens (tertiary/aromatic N) is 2. The summed E-state index contributed by atoms with van der Waals surface area (Å²) in [6, 6.07) is 1.39. The summed E-state index contributed by atoms with van der Waals surface area (Å²) in [5.74, 6) is 0. The lowest BCUT2D eigenvalue weighted by molar-refractivity contribution is -0.110. The molecule has 0 aromatic rings. The topological polar surface area (TPSA) is 99.2 Å². The molecule has 0 bridgehead atoms. The molecule has 9 heteroatoms.